The Morgan fingerprint density at radius 1 is 1.25 bits per heavy atom. The maximum absolute atomic E-state index is 11.3. The van der Waals surface area contributed by atoms with E-state index in [2.05, 4.69) is 10.2 Å². The summed E-state index contributed by atoms with van der Waals surface area (Å²) >= 11 is 0. The summed E-state index contributed by atoms with van der Waals surface area (Å²) in [5.74, 6) is -0.680. The fourth-order valence-electron chi connectivity index (χ4n) is 2.93. The number of para-hydroxylation sites is 1. The number of nitro groups is 1. The van der Waals surface area contributed by atoms with Gasteiger partial charge in [-0.05, 0) is 30.7 Å². The number of nitrogens with one attached hydrogen (secondary N) is 1. The van der Waals surface area contributed by atoms with Gasteiger partial charge in [-0.25, -0.2) is 0 Å². The molecule has 3 rings (SSSR count). The first-order chi connectivity index (χ1) is 11.5. The van der Waals surface area contributed by atoms with Crippen molar-refractivity contribution in [2.24, 2.45) is 5.73 Å². The third kappa shape index (κ3) is 3.29. The van der Waals surface area contributed by atoms with Crippen LogP contribution in [0.1, 0.15) is 16.8 Å². The van der Waals surface area contributed by atoms with Crippen molar-refractivity contribution in [2.45, 2.75) is 12.5 Å². The summed E-state index contributed by atoms with van der Waals surface area (Å²) in [6.45, 7) is 1.65. The van der Waals surface area contributed by atoms with Gasteiger partial charge >= 0.3 is 0 Å². The number of rotatable bonds is 5. The molecule has 0 radical (unpaired) electrons. The minimum Gasteiger partial charge on any atom is -0.375 e. The quantitative estimate of drug-likeness (QED) is 0.649. The lowest BCUT2D eigenvalue weighted by atomic mass is 10.1. The van der Waals surface area contributed by atoms with Crippen LogP contribution in [0.4, 0.5) is 17.1 Å². The van der Waals surface area contributed by atoms with E-state index in [0.717, 1.165) is 25.2 Å². The molecule has 24 heavy (non-hydrogen) atoms. The summed E-state index contributed by atoms with van der Waals surface area (Å²) < 4.78 is 0. The van der Waals surface area contributed by atoms with Crippen LogP contribution in [0.2, 0.25) is 0 Å². The van der Waals surface area contributed by atoms with Crippen molar-refractivity contribution < 1.29 is 9.72 Å². The molecule has 1 fully saturated rings. The Labute approximate surface area is 139 Å². The molecule has 0 aliphatic carbocycles. The number of carbonyl (C=O) groups is 1. The van der Waals surface area contributed by atoms with Gasteiger partial charge in [0.2, 0.25) is 5.91 Å². The summed E-state index contributed by atoms with van der Waals surface area (Å²) in [5, 5.41) is 14.5. The summed E-state index contributed by atoms with van der Waals surface area (Å²) in [6.07, 6.45) is 0.879. The Hall–Kier alpha value is -3.09. The molecule has 0 unspecified atom stereocenters. The van der Waals surface area contributed by atoms with E-state index < -0.39 is 10.8 Å². The zero-order valence-corrected chi connectivity index (χ0v) is 13.0. The highest BCUT2D eigenvalue weighted by molar-refractivity contribution is 5.94. The van der Waals surface area contributed by atoms with Gasteiger partial charge in [0, 0.05) is 36.4 Å². The predicted molar refractivity (Wildman–Crippen MR) is 92.3 cm³/mol. The Bertz CT molecular complexity index is 764. The minimum absolute atomic E-state index is 0.100. The molecule has 2 aromatic rings. The molecule has 124 valence electrons. The van der Waals surface area contributed by atoms with Gasteiger partial charge in [0.15, 0.2) is 0 Å². The zero-order valence-electron chi connectivity index (χ0n) is 13.0. The molecule has 2 aromatic carbocycles. The Morgan fingerprint density at radius 2 is 2.00 bits per heavy atom. The summed E-state index contributed by atoms with van der Waals surface area (Å²) in [6, 6.07) is 14.4. The van der Waals surface area contributed by atoms with Crippen molar-refractivity contribution in [3.63, 3.8) is 0 Å². The van der Waals surface area contributed by atoms with E-state index in [1.165, 1.54) is 12.1 Å². The van der Waals surface area contributed by atoms with Crippen LogP contribution in [0.25, 0.3) is 0 Å². The molecule has 1 aliphatic heterocycles. The molecule has 7 nitrogen and oxygen atoms in total. The number of nitrogens with two attached hydrogens (primary N) is 1. The van der Waals surface area contributed by atoms with Gasteiger partial charge in [-0.15, -0.1) is 0 Å². The smallest absolute Gasteiger partial charge is 0.293 e. The van der Waals surface area contributed by atoms with Crippen LogP contribution in [0, 0.1) is 10.1 Å². The zero-order chi connectivity index (χ0) is 17.1. The maximum Gasteiger partial charge on any atom is 0.293 e. The van der Waals surface area contributed by atoms with Crippen molar-refractivity contribution in [1.29, 1.82) is 0 Å². The average molecular weight is 326 g/mol. The molecule has 0 bridgehead atoms. The SMILES string of the molecule is NC(=O)c1ccc(N[C@H]2CCN(c3ccccc3)C2)c([N+](=O)[O-])c1. The van der Waals surface area contributed by atoms with Gasteiger partial charge in [0.05, 0.1) is 4.92 Å². The lowest BCUT2D eigenvalue weighted by molar-refractivity contribution is -0.384. The van der Waals surface area contributed by atoms with Crippen LogP contribution >= 0.6 is 0 Å². The van der Waals surface area contributed by atoms with Gasteiger partial charge in [-0.1, -0.05) is 18.2 Å². The van der Waals surface area contributed by atoms with E-state index in [-0.39, 0.29) is 17.3 Å². The van der Waals surface area contributed by atoms with Crippen molar-refractivity contribution in [2.75, 3.05) is 23.3 Å². The number of primary amides is 1. The molecule has 7 heteroatoms. The summed E-state index contributed by atoms with van der Waals surface area (Å²) in [7, 11) is 0. The van der Waals surface area contributed by atoms with E-state index in [9.17, 15) is 14.9 Å². The second kappa shape index (κ2) is 6.57. The first kappa shape index (κ1) is 15.8. The molecule has 3 N–H and O–H groups in total. The summed E-state index contributed by atoms with van der Waals surface area (Å²) in [4.78, 5) is 24.2. The number of carbonyl (C=O) groups excluding carboxylic acids is 1. The Morgan fingerprint density at radius 3 is 2.67 bits per heavy atom. The lowest BCUT2D eigenvalue weighted by Gasteiger charge is -2.19. The third-order valence-electron chi connectivity index (χ3n) is 4.15. The topological polar surface area (TPSA) is 102 Å². The molecule has 1 heterocycles. The first-order valence-corrected chi connectivity index (χ1v) is 7.69. The van der Waals surface area contributed by atoms with Crippen molar-refractivity contribution in [3.8, 4) is 0 Å². The summed E-state index contributed by atoms with van der Waals surface area (Å²) in [5.41, 5.74) is 6.73. The van der Waals surface area contributed by atoms with E-state index in [4.69, 9.17) is 5.73 Å². The molecule has 0 aromatic heterocycles. The minimum atomic E-state index is -0.680. The van der Waals surface area contributed by atoms with Crippen LogP contribution in [0.15, 0.2) is 48.5 Å². The van der Waals surface area contributed by atoms with E-state index in [0.29, 0.717) is 5.69 Å². The molecule has 1 atom stereocenters. The van der Waals surface area contributed by atoms with Gasteiger partial charge in [0.25, 0.3) is 5.69 Å². The van der Waals surface area contributed by atoms with Crippen molar-refractivity contribution in [3.05, 3.63) is 64.2 Å². The fraction of sp³-hybridized carbons (Fsp3) is 0.235. The Kier molecular flexibility index (Phi) is 4.33. The largest absolute Gasteiger partial charge is 0.375 e. The number of benzene rings is 2. The second-order valence-corrected chi connectivity index (χ2v) is 5.76. The van der Waals surface area contributed by atoms with Gasteiger partial charge in [-0.3, -0.25) is 14.9 Å². The van der Waals surface area contributed by atoms with Crippen molar-refractivity contribution in [1.82, 2.24) is 0 Å². The highest BCUT2D eigenvalue weighted by atomic mass is 16.6. The number of nitro benzene ring substituents is 1. The molecule has 1 amide bonds. The highest BCUT2D eigenvalue weighted by Crippen LogP contribution is 2.28. The monoisotopic (exact) mass is 326 g/mol. The van der Waals surface area contributed by atoms with Crippen LogP contribution in [0.3, 0.4) is 0 Å². The predicted octanol–water partition coefficient (Wildman–Crippen LogP) is 2.38. The molecule has 1 aliphatic rings. The average Bonchev–Trinajstić information content (AvgIpc) is 3.04. The lowest BCUT2D eigenvalue weighted by Crippen LogP contribution is -2.26. The highest BCUT2D eigenvalue weighted by Gasteiger charge is 2.25. The number of nitrogens with zero attached hydrogens (tertiary/aromatic N) is 2. The van der Waals surface area contributed by atoms with Crippen LogP contribution in [-0.2, 0) is 0 Å². The number of amides is 1. The third-order valence-corrected chi connectivity index (χ3v) is 4.15. The number of anilines is 2. The molecule has 0 saturated carbocycles. The first-order valence-electron chi connectivity index (χ1n) is 7.69. The molecular weight excluding hydrogens is 308 g/mol. The molecule has 1 saturated heterocycles. The normalized spacial score (nSPS) is 16.8. The molecule has 0 spiro atoms. The number of hydrogen-bond donors (Lipinski definition) is 2. The maximum atomic E-state index is 11.3. The fourth-order valence-corrected chi connectivity index (χ4v) is 2.93. The van der Waals surface area contributed by atoms with E-state index in [1.807, 2.05) is 30.3 Å². The standard InChI is InChI=1S/C17H18N4O3/c18-17(22)12-6-7-15(16(10-12)21(23)24)19-13-8-9-20(11-13)14-4-2-1-3-5-14/h1-7,10,13,19H,8-9,11H2,(H2,18,22)/t13-/m0/s1. The van der Waals surface area contributed by atoms with Crippen LogP contribution in [-0.4, -0.2) is 30.0 Å². The molecular formula is C17H18N4O3. The van der Waals surface area contributed by atoms with Gasteiger partial charge in [0.1, 0.15) is 5.69 Å². The van der Waals surface area contributed by atoms with Crippen LogP contribution < -0.4 is 16.0 Å². The second-order valence-electron chi connectivity index (χ2n) is 5.76. The Balaban J connectivity index is 1.75. The van der Waals surface area contributed by atoms with E-state index in [1.54, 1.807) is 6.07 Å². The number of hydrogen-bond acceptors (Lipinski definition) is 5. The van der Waals surface area contributed by atoms with Crippen LogP contribution in [0.5, 0.6) is 0 Å². The van der Waals surface area contributed by atoms with Crippen molar-refractivity contribution >= 4 is 23.0 Å². The van der Waals surface area contributed by atoms with E-state index >= 15 is 0 Å². The van der Waals surface area contributed by atoms with Gasteiger partial charge < -0.3 is 16.0 Å². The van der Waals surface area contributed by atoms with Gasteiger partial charge in [-0.2, -0.15) is 0 Å².